The van der Waals surface area contributed by atoms with E-state index in [1.54, 1.807) is 18.2 Å². The van der Waals surface area contributed by atoms with Gasteiger partial charge in [0.15, 0.2) is 0 Å². The fourth-order valence-electron chi connectivity index (χ4n) is 6.82. The summed E-state index contributed by atoms with van der Waals surface area (Å²) in [7, 11) is 0. The number of carbonyl (C=O) groups is 4. The topological polar surface area (TPSA) is 90.0 Å². The van der Waals surface area contributed by atoms with E-state index in [0.29, 0.717) is 17.5 Å². The SMILES string of the molecule is O=C1CCC(N2Cc3cc(C(=O)N4CC5(CN(Cc6ccccc6-c6ccc(Cl)cc6)C5)C4)ccc3C2=O)C(=O)N1. The third-order valence-corrected chi connectivity index (χ3v) is 9.05. The number of fused-ring (bicyclic) bond motifs is 1. The first-order valence-electron chi connectivity index (χ1n) is 13.9. The van der Waals surface area contributed by atoms with Crippen molar-refractivity contribution in [2.75, 3.05) is 26.2 Å². The zero-order valence-electron chi connectivity index (χ0n) is 22.4. The first-order valence-corrected chi connectivity index (χ1v) is 14.3. The van der Waals surface area contributed by atoms with Crippen LogP contribution in [0.1, 0.15) is 44.7 Å². The molecule has 0 aromatic heterocycles. The van der Waals surface area contributed by atoms with E-state index in [4.69, 9.17) is 11.6 Å². The molecular formula is C32H29ClN4O4. The van der Waals surface area contributed by atoms with E-state index in [0.717, 1.165) is 48.9 Å². The van der Waals surface area contributed by atoms with Gasteiger partial charge in [0.25, 0.3) is 11.8 Å². The lowest BCUT2D eigenvalue weighted by atomic mass is 9.72. The Bertz CT molecular complexity index is 1590. The van der Waals surface area contributed by atoms with Crippen molar-refractivity contribution in [1.82, 2.24) is 20.0 Å². The highest BCUT2D eigenvalue weighted by atomic mass is 35.5. The molecule has 0 radical (unpaired) electrons. The number of nitrogens with one attached hydrogen (secondary N) is 1. The zero-order valence-corrected chi connectivity index (χ0v) is 23.2. The summed E-state index contributed by atoms with van der Waals surface area (Å²) in [6.07, 6.45) is 0.527. The van der Waals surface area contributed by atoms with Crippen LogP contribution in [0, 0.1) is 5.41 Å². The Kier molecular flexibility index (Phi) is 6.21. The van der Waals surface area contributed by atoms with Crippen molar-refractivity contribution >= 4 is 35.2 Å². The molecule has 3 aromatic carbocycles. The van der Waals surface area contributed by atoms with Crippen molar-refractivity contribution < 1.29 is 19.2 Å². The molecule has 1 atom stereocenters. The molecule has 3 fully saturated rings. The van der Waals surface area contributed by atoms with Gasteiger partial charge in [-0.1, -0.05) is 48.0 Å². The summed E-state index contributed by atoms with van der Waals surface area (Å²) < 4.78 is 0. The normalized spacial score (nSPS) is 21.4. The summed E-state index contributed by atoms with van der Waals surface area (Å²) >= 11 is 6.08. The lowest BCUT2D eigenvalue weighted by Gasteiger charge is -2.60. The molecule has 1 unspecified atom stereocenters. The number of hydrogen-bond donors (Lipinski definition) is 1. The van der Waals surface area contributed by atoms with Gasteiger partial charge in [0.2, 0.25) is 11.8 Å². The number of hydrogen-bond acceptors (Lipinski definition) is 5. The Morgan fingerprint density at radius 2 is 1.68 bits per heavy atom. The number of likely N-dealkylation sites (tertiary alicyclic amines) is 2. The molecule has 3 aromatic rings. The minimum atomic E-state index is -0.665. The third-order valence-electron chi connectivity index (χ3n) is 8.79. The van der Waals surface area contributed by atoms with Crippen LogP contribution in [0.5, 0.6) is 0 Å². The van der Waals surface area contributed by atoms with Crippen LogP contribution in [-0.4, -0.2) is 70.5 Å². The molecule has 41 heavy (non-hydrogen) atoms. The van der Waals surface area contributed by atoms with Crippen molar-refractivity contribution in [3.63, 3.8) is 0 Å². The average Bonchev–Trinajstić information content (AvgIpc) is 3.25. The van der Waals surface area contributed by atoms with Crippen LogP contribution in [0.15, 0.2) is 66.7 Å². The first kappa shape index (κ1) is 25.9. The highest BCUT2D eigenvalue weighted by Gasteiger charge is 2.53. The summed E-state index contributed by atoms with van der Waals surface area (Å²) in [6, 6.07) is 20.9. The second kappa shape index (κ2) is 9.82. The summed E-state index contributed by atoms with van der Waals surface area (Å²) in [5, 5.41) is 3.04. The van der Waals surface area contributed by atoms with Crippen molar-refractivity contribution in [3.8, 4) is 11.1 Å². The van der Waals surface area contributed by atoms with Crippen molar-refractivity contribution in [2.45, 2.75) is 32.0 Å². The maximum atomic E-state index is 13.3. The van der Waals surface area contributed by atoms with Gasteiger partial charge in [-0.3, -0.25) is 29.4 Å². The van der Waals surface area contributed by atoms with Gasteiger partial charge in [-0.25, -0.2) is 0 Å². The van der Waals surface area contributed by atoms with Gasteiger partial charge in [-0.15, -0.1) is 0 Å². The summed E-state index contributed by atoms with van der Waals surface area (Å²) in [5.41, 5.74) is 5.59. The largest absolute Gasteiger partial charge is 0.337 e. The standard InChI is InChI=1S/C32H29ClN4O4/c33-24-8-5-20(6-9-24)25-4-2-1-3-22(25)14-35-16-32(17-35)18-36(19-32)30(40)21-7-10-26-23(13-21)15-37(31(26)41)27-11-12-28(38)34-29(27)39/h1-10,13,27H,11-12,14-19H2,(H,34,38,39). The van der Waals surface area contributed by atoms with Crippen LogP contribution in [0.4, 0.5) is 0 Å². The summed E-state index contributed by atoms with van der Waals surface area (Å²) in [6.45, 7) is 4.46. The van der Waals surface area contributed by atoms with Gasteiger partial charge in [0.05, 0.1) is 0 Å². The van der Waals surface area contributed by atoms with E-state index < -0.39 is 11.9 Å². The third kappa shape index (κ3) is 4.61. The molecule has 4 heterocycles. The van der Waals surface area contributed by atoms with E-state index in [1.165, 1.54) is 16.0 Å². The monoisotopic (exact) mass is 568 g/mol. The Balaban J connectivity index is 0.960. The van der Waals surface area contributed by atoms with Crippen LogP contribution >= 0.6 is 11.6 Å². The Morgan fingerprint density at radius 1 is 0.927 bits per heavy atom. The fraction of sp³-hybridized carbons (Fsp3) is 0.312. The van der Waals surface area contributed by atoms with E-state index in [2.05, 4.69) is 46.6 Å². The number of amides is 4. The molecule has 0 bridgehead atoms. The second-order valence-electron chi connectivity index (χ2n) is 11.7. The molecule has 4 amide bonds. The maximum Gasteiger partial charge on any atom is 0.255 e. The van der Waals surface area contributed by atoms with Gasteiger partial charge in [-0.05, 0) is 59.0 Å². The Hall–Kier alpha value is -4.01. The quantitative estimate of drug-likeness (QED) is 0.474. The molecule has 4 aliphatic rings. The number of nitrogens with zero attached hydrogens (tertiary/aromatic N) is 3. The van der Waals surface area contributed by atoms with Crippen LogP contribution in [0.2, 0.25) is 5.02 Å². The summed E-state index contributed by atoms with van der Waals surface area (Å²) in [5.74, 6) is -1.01. The number of rotatable bonds is 5. The number of benzene rings is 3. The first-order chi connectivity index (χ1) is 19.8. The molecule has 7 rings (SSSR count). The van der Waals surface area contributed by atoms with Crippen LogP contribution < -0.4 is 5.32 Å². The number of carbonyl (C=O) groups excluding carboxylic acids is 4. The molecule has 0 aliphatic carbocycles. The lowest BCUT2D eigenvalue weighted by molar-refractivity contribution is -0.136. The van der Waals surface area contributed by atoms with E-state index >= 15 is 0 Å². The number of imide groups is 1. The second-order valence-corrected chi connectivity index (χ2v) is 12.2. The van der Waals surface area contributed by atoms with Gasteiger partial charge < -0.3 is 9.80 Å². The highest BCUT2D eigenvalue weighted by molar-refractivity contribution is 6.30. The molecule has 1 spiro atoms. The fourth-order valence-corrected chi connectivity index (χ4v) is 6.95. The van der Waals surface area contributed by atoms with Gasteiger partial charge >= 0.3 is 0 Å². The van der Waals surface area contributed by atoms with E-state index in [1.807, 2.05) is 17.0 Å². The molecule has 0 saturated carbocycles. The molecule has 4 aliphatic heterocycles. The van der Waals surface area contributed by atoms with Crippen molar-refractivity contribution in [1.29, 1.82) is 0 Å². The molecule has 208 valence electrons. The van der Waals surface area contributed by atoms with Gasteiger partial charge in [0, 0.05) is 67.3 Å². The molecule has 9 heteroatoms. The van der Waals surface area contributed by atoms with Crippen molar-refractivity contribution in [2.24, 2.45) is 5.41 Å². The molecule has 8 nitrogen and oxygen atoms in total. The molecular weight excluding hydrogens is 540 g/mol. The van der Waals surface area contributed by atoms with Crippen LogP contribution in [0.25, 0.3) is 11.1 Å². The minimum Gasteiger partial charge on any atom is -0.337 e. The lowest BCUT2D eigenvalue weighted by Crippen LogP contribution is -2.72. The Morgan fingerprint density at radius 3 is 2.44 bits per heavy atom. The number of piperidine rings is 1. The smallest absolute Gasteiger partial charge is 0.255 e. The predicted octanol–water partition coefficient (Wildman–Crippen LogP) is 3.73. The van der Waals surface area contributed by atoms with Crippen LogP contribution in [0.3, 0.4) is 0 Å². The maximum absolute atomic E-state index is 13.3. The molecule has 3 saturated heterocycles. The van der Waals surface area contributed by atoms with E-state index in [9.17, 15) is 19.2 Å². The molecule has 1 N–H and O–H groups in total. The average molecular weight is 569 g/mol. The Labute approximate surface area is 242 Å². The van der Waals surface area contributed by atoms with Crippen molar-refractivity contribution in [3.05, 3.63) is 94.0 Å². The van der Waals surface area contributed by atoms with E-state index in [-0.39, 0.29) is 36.1 Å². The van der Waals surface area contributed by atoms with Gasteiger partial charge in [-0.2, -0.15) is 0 Å². The predicted molar refractivity (Wildman–Crippen MR) is 153 cm³/mol. The number of halogens is 1. The summed E-state index contributed by atoms with van der Waals surface area (Å²) in [4.78, 5) is 55.9. The minimum absolute atomic E-state index is 0.0307. The van der Waals surface area contributed by atoms with Gasteiger partial charge in [0.1, 0.15) is 6.04 Å². The highest BCUT2D eigenvalue weighted by Crippen LogP contribution is 2.42. The van der Waals surface area contributed by atoms with Crippen LogP contribution in [-0.2, 0) is 22.7 Å². The zero-order chi connectivity index (χ0) is 28.3.